The van der Waals surface area contributed by atoms with Crippen molar-refractivity contribution < 1.29 is 54.8 Å². The first kappa shape index (κ1) is 21.4. The summed E-state index contributed by atoms with van der Waals surface area (Å²) in [7, 11) is 0. The van der Waals surface area contributed by atoms with Crippen molar-refractivity contribution in [1.29, 1.82) is 0 Å². The highest BCUT2D eigenvalue weighted by atomic mass is 16.7. The maximum absolute atomic E-state index is 11.1. The SMILES string of the molecule is CC(=O)N[C@H]1[C@@H](O)[C@H](O)C(CO[C@@H]2OC(CO)[C@@H](O)[C@H](O)[C@@H]2O)O[C@@H]1O. The van der Waals surface area contributed by atoms with Crippen LogP contribution in [0.15, 0.2) is 0 Å². The van der Waals surface area contributed by atoms with Crippen LogP contribution in [0, 0.1) is 0 Å². The van der Waals surface area contributed by atoms with E-state index in [1.807, 2.05) is 0 Å². The average molecular weight is 383 g/mol. The minimum absolute atomic E-state index is 0.467. The van der Waals surface area contributed by atoms with E-state index in [4.69, 9.17) is 19.3 Å². The molecule has 152 valence electrons. The normalized spacial score (nSPS) is 46.8. The summed E-state index contributed by atoms with van der Waals surface area (Å²) >= 11 is 0. The zero-order chi connectivity index (χ0) is 19.6. The molecule has 0 aromatic heterocycles. The van der Waals surface area contributed by atoms with Gasteiger partial charge in [0.2, 0.25) is 5.91 Å². The quantitative estimate of drug-likeness (QED) is 0.226. The van der Waals surface area contributed by atoms with Crippen LogP contribution in [0.5, 0.6) is 0 Å². The molecule has 8 N–H and O–H groups in total. The molecular formula is C14H25NO11. The van der Waals surface area contributed by atoms with Crippen LogP contribution in [0.3, 0.4) is 0 Å². The highest BCUT2D eigenvalue weighted by Gasteiger charge is 2.47. The van der Waals surface area contributed by atoms with E-state index in [2.05, 4.69) is 5.32 Å². The van der Waals surface area contributed by atoms with Crippen LogP contribution in [0.2, 0.25) is 0 Å². The number of aliphatic hydroxyl groups is 7. The van der Waals surface area contributed by atoms with E-state index in [0.29, 0.717) is 0 Å². The molecule has 0 spiro atoms. The molecule has 1 amide bonds. The smallest absolute Gasteiger partial charge is 0.217 e. The van der Waals surface area contributed by atoms with Gasteiger partial charge < -0.3 is 55.3 Å². The second kappa shape index (κ2) is 8.84. The molecule has 2 fully saturated rings. The average Bonchev–Trinajstić information content (AvgIpc) is 2.59. The Bertz CT molecular complexity index is 478. The molecule has 0 aliphatic carbocycles. The van der Waals surface area contributed by atoms with Gasteiger partial charge in [-0.05, 0) is 0 Å². The van der Waals surface area contributed by atoms with Gasteiger partial charge in [0, 0.05) is 6.92 Å². The van der Waals surface area contributed by atoms with Crippen molar-refractivity contribution in [2.24, 2.45) is 0 Å². The van der Waals surface area contributed by atoms with Gasteiger partial charge in [-0.15, -0.1) is 0 Å². The highest BCUT2D eigenvalue weighted by molar-refractivity contribution is 5.73. The number of aliphatic hydroxyl groups excluding tert-OH is 7. The van der Waals surface area contributed by atoms with E-state index in [-0.39, 0.29) is 0 Å². The predicted molar refractivity (Wildman–Crippen MR) is 80.2 cm³/mol. The Kier molecular flexibility index (Phi) is 7.27. The second-order valence-electron chi connectivity index (χ2n) is 6.30. The maximum Gasteiger partial charge on any atom is 0.217 e. The Morgan fingerprint density at radius 1 is 0.923 bits per heavy atom. The maximum atomic E-state index is 11.1. The van der Waals surface area contributed by atoms with Crippen molar-refractivity contribution in [2.75, 3.05) is 13.2 Å². The third kappa shape index (κ3) is 4.48. The van der Waals surface area contributed by atoms with Crippen molar-refractivity contribution in [2.45, 2.75) is 68.3 Å². The Morgan fingerprint density at radius 3 is 2.12 bits per heavy atom. The molecule has 0 radical (unpaired) electrons. The summed E-state index contributed by atoms with van der Waals surface area (Å²) in [5, 5.41) is 70.6. The van der Waals surface area contributed by atoms with Gasteiger partial charge in [-0.1, -0.05) is 0 Å². The highest BCUT2D eigenvalue weighted by Crippen LogP contribution is 2.24. The number of ether oxygens (including phenoxy) is 3. The molecular weight excluding hydrogens is 358 g/mol. The van der Waals surface area contributed by atoms with Crippen LogP contribution >= 0.6 is 0 Å². The van der Waals surface area contributed by atoms with Gasteiger partial charge in [0.05, 0.1) is 13.2 Å². The summed E-state index contributed by atoms with van der Waals surface area (Å²) < 4.78 is 15.5. The Hall–Kier alpha value is -0.930. The van der Waals surface area contributed by atoms with Crippen molar-refractivity contribution in [3.05, 3.63) is 0 Å². The topological polar surface area (TPSA) is 198 Å². The molecule has 12 heteroatoms. The van der Waals surface area contributed by atoms with E-state index in [1.54, 1.807) is 0 Å². The lowest BCUT2D eigenvalue weighted by atomic mass is 9.97. The van der Waals surface area contributed by atoms with Crippen LogP contribution < -0.4 is 5.32 Å². The molecule has 2 aliphatic heterocycles. The number of carbonyl (C=O) groups is 1. The van der Waals surface area contributed by atoms with Gasteiger partial charge in [-0.2, -0.15) is 0 Å². The third-order valence-electron chi connectivity index (χ3n) is 4.36. The molecule has 26 heavy (non-hydrogen) atoms. The number of hydrogen-bond donors (Lipinski definition) is 8. The number of amides is 1. The van der Waals surface area contributed by atoms with Crippen molar-refractivity contribution in [1.82, 2.24) is 5.32 Å². The fraction of sp³-hybridized carbons (Fsp3) is 0.929. The largest absolute Gasteiger partial charge is 0.394 e. The second-order valence-corrected chi connectivity index (χ2v) is 6.30. The van der Waals surface area contributed by atoms with E-state index >= 15 is 0 Å². The molecule has 0 aromatic carbocycles. The molecule has 2 unspecified atom stereocenters. The Labute approximate surface area is 148 Å². The van der Waals surface area contributed by atoms with Crippen LogP contribution in [-0.2, 0) is 19.0 Å². The fourth-order valence-electron chi connectivity index (χ4n) is 2.87. The Morgan fingerprint density at radius 2 is 1.54 bits per heavy atom. The van der Waals surface area contributed by atoms with Gasteiger partial charge in [0.25, 0.3) is 0 Å². The van der Waals surface area contributed by atoms with Gasteiger partial charge >= 0.3 is 0 Å². The zero-order valence-corrected chi connectivity index (χ0v) is 14.0. The summed E-state index contributed by atoms with van der Waals surface area (Å²) in [4.78, 5) is 11.1. The predicted octanol–water partition coefficient (Wildman–Crippen LogP) is -5.25. The first-order chi connectivity index (χ1) is 12.2. The summed E-state index contributed by atoms with van der Waals surface area (Å²) in [6, 6.07) is -1.24. The summed E-state index contributed by atoms with van der Waals surface area (Å²) in [6.45, 7) is 0.0636. The number of rotatable bonds is 5. The molecule has 0 bridgehead atoms. The van der Waals surface area contributed by atoms with Crippen LogP contribution in [-0.4, -0.2) is 116 Å². The van der Waals surface area contributed by atoms with E-state index in [0.717, 1.165) is 0 Å². The monoisotopic (exact) mass is 383 g/mol. The molecule has 10 atom stereocenters. The number of carbonyl (C=O) groups excluding carboxylic acids is 1. The van der Waals surface area contributed by atoms with Gasteiger partial charge in [0.1, 0.15) is 48.8 Å². The Balaban J connectivity index is 1.95. The van der Waals surface area contributed by atoms with Crippen molar-refractivity contribution >= 4 is 5.91 Å². The zero-order valence-electron chi connectivity index (χ0n) is 14.0. The summed E-state index contributed by atoms with van der Waals surface area (Å²) in [5.41, 5.74) is 0. The lowest BCUT2D eigenvalue weighted by Crippen LogP contribution is -2.64. The molecule has 0 aromatic rings. The number of hydrogen-bond acceptors (Lipinski definition) is 11. The minimum atomic E-state index is -1.64. The summed E-state index contributed by atoms with van der Waals surface area (Å²) in [6.07, 6.45) is -13.4. The molecule has 12 nitrogen and oxygen atoms in total. The summed E-state index contributed by atoms with van der Waals surface area (Å²) in [5.74, 6) is -0.542. The van der Waals surface area contributed by atoms with Gasteiger partial charge in [-0.25, -0.2) is 0 Å². The van der Waals surface area contributed by atoms with Crippen molar-refractivity contribution in [3.63, 3.8) is 0 Å². The first-order valence-corrected chi connectivity index (χ1v) is 8.06. The lowest BCUT2D eigenvalue weighted by Gasteiger charge is -2.42. The van der Waals surface area contributed by atoms with E-state index in [9.17, 15) is 35.4 Å². The minimum Gasteiger partial charge on any atom is -0.394 e. The molecule has 0 saturated carbocycles. The molecule has 2 heterocycles. The number of nitrogens with one attached hydrogen (secondary N) is 1. The molecule has 2 rings (SSSR count). The lowest BCUT2D eigenvalue weighted by molar-refractivity contribution is -0.318. The van der Waals surface area contributed by atoms with Gasteiger partial charge in [0.15, 0.2) is 12.6 Å². The van der Waals surface area contributed by atoms with Gasteiger partial charge in [-0.3, -0.25) is 4.79 Å². The van der Waals surface area contributed by atoms with Crippen molar-refractivity contribution in [3.8, 4) is 0 Å². The first-order valence-electron chi connectivity index (χ1n) is 8.06. The third-order valence-corrected chi connectivity index (χ3v) is 4.36. The van der Waals surface area contributed by atoms with E-state index < -0.39 is 80.5 Å². The molecule has 2 aliphatic rings. The van der Waals surface area contributed by atoms with E-state index in [1.165, 1.54) is 6.92 Å². The fourth-order valence-corrected chi connectivity index (χ4v) is 2.87. The van der Waals surface area contributed by atoms with Crippen LogP contribution in [0.25, 0.3) is 0 Å². The van der Waals surface area contributed by atoms with Crippen LogP contribution in [0.4, 0.5) is 0 Å². The van der Waals surface area contributed by atoms with Crippen LogP contribution in [0.1, 0.15) is 6.92 Å². The molecule has 2 saturated heterocycles. The standard InChI is InChI=1S/C14H25NO11/c1-4(17)15-7-10(20)9(19)6(25-13(7)23)3-24-14-12(22)11(21)8(18)5(2-16)26-14/h5-14,16,18-23H,2-3H2,1H3,(H,15,17)/t5?,6?,7-,8+,9+,10+,11-,12-,13-,14+/m0/s1.